The number of nitrogens with two attached hydrogens (primary N) is 1. The Hall–Kier alpha value is -3.27. The molecule has 7 unspecified atom stereocenters. The topological polar surface area (TPSA) is 181 Å². The van der Waals surface area contributed by atoms with Crippen LogP contribution in [-0.4, -0.2) is 125 Å². The van der Waals surface area contributed by atoms with Crippen molar-refractivity contribution in [1.29, 1.82) is 0 Å². The summed E-state index contributed by atoms with van der Waals surface area (Å²) in [7, 11) is 4.16. The van der Waals surface area contributed by atoms with Crippen molar-refractivity contribution in [2.45, 2.75) is 115 Å². The minimum atomic E-state index is -4.17. The maximum atomic E-state index is 14.2. The van der Waals surface area contributed by atoms with Crippen LogP contribution in [0.2, 0.25) is 0 Å². The number of rotatable bonds is 19. The Bertz CT molecular complexity index is 1450. The van der Waals surface area contributed by atoms with Gasteiger partial charge in [0.2, 0.25) is 23.6 Å². The third-order valence-electron chi connectivity index (χ3n) is 10.4. The zero-order chi connectivity index (χ0) is 39.7. The van der Waals surface area contributed by atoms with Gasteiger partial charge in [0.25, 0.3) is 10.0 Å². The molecule has 296 valence electrons. The van der Waals surface area contributed by atoms with E-state index in [-0.39, 0.29) is 46.8 Å². The van der Waals surface area contributed by atoms with Gasteiger partial charge in [0.1, 0.15) is 6.04 Å². The van der Waals surface area contributed by atoms with Gasteiger partial charge in [-0.3, -0.25) is 24.1 Å². The van der Waals surface area contributed by atoms with Crippen molar-refractivity contribution >= 4 is 39.3 Å². The SMILES string of the molecule is CCC(C)C(C(CC(=O)N1CCC[C@H]1C(OC)C(C)C(=O)NS(=O)(=O)c1ccc(N)cc1)OC)N(C)C(=O)C(NC(=O)C(C(C)C)N(C)C)C(C)C. The van der Waals surface area contributed by atoms with Crippen molar-refractivity contribution in [3.8, 4) is 0 Å². The molecule has 14 nitrogen and oxygen atoms in total. The molecule has 8 atom stereocenters. The Kier molecular flexibility index (Phi) is 17.0. The van der Waals surface area contributed by atoms with Crippen LogP contribution in [0.1, 0.15) is 74.1 Å². The second-order valence-electron chi connectivity index (χ2n) is 15.0. The average Bonchev–Trinajstić information content (AvgIpc) is 3.55. The number of nitrogens with zero attached hydrogens (tertiary/aromatic N) is 3. The van der Waals surface area contributed by atoms with Gasteiger partial charge in [-0.25, -0.2) is 13.1 Å². The number of likely N-dealkylation sites (N-methyl/N-ethyl adjacent to an activating group) is 2. The van der Waals surface area contributed by atoms with Crippen LogP contribution >= 0.6 is 0 Å². The third kappa shape index (κ3) is 11.1. The molecule has 0 spiro atoms. The first-order valence-electron chi connectivity index (χ1n) is 18.2. The number of hydrogen-bond acceptors (Lipinski definition) is 10. The molecule has 1 heterocycles. The predicted molar refractivity (Wildman–Crippen MR) is 201 cm³/mol. The predicted octanol–water partition coefficient (Wildman–Crippen LogP) is 2.72. The first-order chi connectivity index (χ1) is 24.2. The number of carbonyl (C=O) groups is 4. The minimum Gasteiger partial charge on any atom is -0.399 e. The number of nitrogens with one attached hydrogen (secondary N) is 2. The molecule has 15 heteroatoms. The van der Waals surface area contributed by atoms with Gasteiger partial charge in [-0.1, -0.05) is 54.9 Å². The van der Waals surface area contributed by atoms with E-state index in [4.69, 9.17) is 15.2 Å². The summed E-state index contributed by atoms with van der Waals surface area (Å²) in [6.07, 6.45) is 0.400. The third-order valence-corrected chi connectivity index (χ3v) is 11.7. The molecule has 0 bridgehead atoms. The average molecular weight is 753 g/mol. The summed E-state index contributed by atoms with van der Waals surface area (Å²) >= 11 is 0. The van der Waals surface area contributed by atoms with Gasteiger partial charge in [0.05, 0.1) is 47.6 Å². The largest absolute Gasteiger partial charge is 0.399 e. The second-order valence-corrected chi connectivity index (χ2v) is 16.7. The number of hydrogen-bond donors (Lipinski definition) is 3. The highest BCUT2D eigenvalue weighted by atomic mass is 32.2. The lowest BCUT2D eigenvalue weighted by atomic mass is 9.89. The van der Waals surface area contributed by atoms with Crippen LogP contribution in [-0.2, 0) is 38.7 Å². The van der Waals surface area contributed by atoms with Gasteiger partial charge in [-0.05, 0) is 69.0 Å². The lowest BCUT2D eigenvalue weighted by Crippen LogP contribution is -2.59. The first-order valence-corrected chi connectivity index (χ1v) is 19.7. The summed E-state index contributed by atoms with van der Waals surface area (Å²) in [6.45, 7) is 13.7. The summed E-state index contributed by atoms with van der Waals surface area (Å²) in [5.41, 5.74) is 6.07. The molecule has 2 rings (SSSR count). The van der Waals surface area contributed by atoms with Gasteiger partial charge in [-0.2, -0.15) is 0 Å². The number of nitrogen functional groups attached to an aromatic ring is 1. The van der Waals surface area contributed by atoms with E-state index >= 15 is 0 Å². The maximum absolute atomic E-state index is 14.2. The van der Waals surface area contributed by atoms with E-state index in [9.17, 15) is 27.6 Å². The summed E-state index contributed by atoms with van der Waals surface area (Å²) in [6, 6.07) is 3.30. The Morgan fingerprint density at radius 3 is 2.02 bits per heavy atom. The van der Waals surface area contributed by atoms with E-state index in [0.29, 0.717) is 31.5 Å². The molecule has 1 aliphatic heterocycles. The summed E-state index contributed by atoms with van der Waals surface area (Å²) in [4.78, 5) is 60.0. The minimum absolute atomic E-state index is 0.0273. The van der Waals surface area contributed by atoms with Gasteiger partial charge >= 0.3 is 0 Å². The number of amides is 4. The molecule has 0 aliphatic carbocycles. The first kappa shape index (κ1) is 44.9. The standard InChI is InChI=1S/C37H64N6O8S/c1-13-24(6)33(42(10)37(47)31(22(2)3)39-36(46)32(23(4)5)41(8)9)29(50-11)21-30(44)43-20-14-15-28(43)34(51-12)25(7)35(45)40-52(48,49)27-18-16-26(38)17-19-27/h16-19,22-25,28-29,31-34H,13-15,20-21,38H2,1-12H3,(H,39,46)(H,40,45)/t24?,25?,28-,29?,31?,32?,33?,34?/m0/s1. The van der Waals surface area contributed by atoms with Crippen molar-refractivity contribution < 1.29 is 37.1 Å². The lowest BCUT2D eigenvalue weighted by molar-refractivity contribution is -0.148. The number of likely N-dealkylation sites (tertiary alicyclic amines) is 1. The Morgan fingerprint density at radius 1 is 0.942 bits per heavy atom. The van der Waals surface area contributed by atoms with E-state index in [0.717, 1.165) is 0 Å². The van der Waals surface area contributed by atoms with Crippen molar-refractivity contribution in [3.63, 3.8) is 0 Å². The highest BCUT2D eigenvalue weighted by Gasteiger charge is 2.43. The van der Waals surface area contributed by atoms with Gasteiger partial charge < -0.3 is 30.3 Å². The molecule has 52 heavy (non-hydrogen) atoms. The van der Waals surface area contributed by atoms with E-state index in [1.807, 2.05) is 60.5 Å². The summed E-state index contributed by atoms with van der Waals surface area (Å²) < 4.78 is 39.8. The van der Waals surface area contributed by atoms with Crippen molar-refractivity contribution in [2.24, 2.45) is 23.7 Å². The number of anilines is 1. The fourth-order valence-corrected chi connectivity index (χ4v) is 8.41. The molecule has 0 saturated carbocycles. The number of methoxy groups -OCH3 is 2. The molecule has 1 saturated heterocycles. The van der Waals surface area contributed by atoms with Crippen LogP contribution in [0, 0.1) is 23.7 Å². The quantitative estimate of drug-likeness (QED) is 0.178. The number of benzene rings is 1. The Balaban J connectivity index is 2.29. The molecule has 1 aromatic carbocycles. The Labute approximate surface area is 311 Å². The normalized spacial score (nSPS) is 19.1. The molecule has 4 N–H and O–H groups in total. The van der Waals surface area contributed by atoms with E-state index < -0.39 is 58.2 Å². The molecule has 0 aromatic heterocycles. The van der Waals surface area contributed by atoms with Gasteiger partial charge in [0, 0.05) is 33.5 Å². The zero-order valence-electron chi connectivity index (χ0n) is 33.2. The summed E-state index contributed by atoms with van der Waals surface area (Å²) in [5.74, 6) is -2.64. The van der Waals surface area contributed by atoms with E-state index in [1.165, 1.54) is 38.5 Å². The number of carbonyl (C=O) groups excluding carboxylic acids is 4. The fourth-order valence-electron chi connectivity index (χ4n) is 7.34. The van der Waals surface area contributed by atoms with Crippen molar-refractivity contribution in [2.75, 3.05) is 47.6 Å². The summed E-state index contributed by atoms with van der Waals surface area (Å²) in [5, 5.41) is 3.01. The van der Waals surface area contributed by atoms with Crippen LogP contribution < -0.4 is 15.8 Å². The zero-order valence-corrected chi connectivity index (χ0v) is 34.0. The highest BCUT2D eigenvalue weighted by Crippen LogP contribution is 2.30. The molecule has 0 radical (unpaired) electrons. The Morgan fingerprint density at radius 2 is 1.54 bits per heavy atom. The van der Waals surface area contributed by atoms with Crippen molar-refractivity contribution in [1.82, 2.24) is 24.7 Å². The van der Waals surface area contributed by atoms with Crippen LogP contribution in [0.4, 0.5) is 5.69 Å². The fraction of sp³-hybridized carbons (Fsp3) is 0.730. The van der Waals surface area contributed by atoms with E-state index in [2.05, 4.69) is 10.0 Å². The lowest BCUT2D eigenvalue weighted by Gasteiger charge is -2.41. The van der Waals surface area contributed by atoms with Crippen LogP contribution in [0.25, 0.3) is 0 Å². The molecular formula is C37H64N6O8S. The molecule has 1 aromatic rings. The van der Waals surface area contributed by atoms with E-state index in [1.54, 1.807) is 23.8 Å². The smallest absolute Gasteiger partial charge is 0.264 e. The van der Waals surface area contributed by atoms with Crippen LogP contribution in [0.5, 0.6) is 0 Å². The monoisotopic (exact) mass is 752 g/mol. The van der Waals surface area contributed by atoms with Crippen LogP contribution in [0.15, 0.2) is 29.2 Å². The molecule has 1 aliphatic rings. The van der Waals surface area contributed by atoms with Crippen molar-refractivity contribution in [3.05, 3.63) is 24.3 Å². The van der Waals surface area contributed by atoms with Crippen LogP contribution in [0.3, 0.4) is 0 Å². The molecular weight excluding hydrogens is 689 g/mol. The highest BCUT2D eigenvalue weighted by molar-refractivity contribution is 7.90. The maximum Gasteiger partial charge on any atom is 0.264 e. The second kappa shape index (κ2) is 19.7. The number of sulfonamides is 1. The molecule has 1 fully saturated rings. The van der Waals surface area contributed by atoms with Gasteiger partial charge in [0.15, 0.2) is 0 Å². The van der Waals surface area contributed by atoms with Gasteiger partial charge in [-0.15, -0.1) is 0 Å². The number of ether oxygens (including phenoxy) is 2. The molecule has 4 amide bonds.